The predicted molar refractivity (Wildman–Crippen MR) is 94.0 cm³/mol. The second-order valence-electron chi connectivity index (χ2n) is 6.86. The summed E-state index contributed by atoms with van der Waals surface area (Å²) in [6, 6.07) is 4.87. The summed E-state index contributed by atoms with van der Waals surface area (Å²) in [6.45, 7) is 7.79. The Balaban J connectivity index is 2.13. The molecule has 1 fully saturated rings. The average Bonchev–Trinajstić information content (AvgIpc) is 2.96. The Morgan fingerprint density at radius 2 is 2.04 bits per heavy atom. The molecular weight excluding hydrogens is 326 g/mol. The molecule has 1 heterocycles. The number of rotatable bonds is 1. The minimum Gasteiger partial charge on any atom is -0.444 e. The molecule has 1 aromatic rings. The van der Waals surface area contributed by atoms with E-state index in [0.717, 1.165) is 17.5 Å². The van der Waals surface area contributed by atoms with Gasteiger partial charge in [0, 0.05) is 17.1 Å². The third-order valence-corrected chi connectivity index (χ3v) is 4.18. The van der Waals surface area contributed by atoms with Crippen LogP contribution in [0, 0.1) is 18.8 Å². The van der Waals surface area contributed by atoms with E-state index in [4.69, 9.17) is 16.3 Å². The van der Waals surface area contributed by atoms with Gasteiger partial charge in [-0.25, -0.2) is 4.79 Å². The monoisotopic (exact) mass is 347 g/mol. The van der Waals surface area contributed by atoms with E-state index in [0.29, 0.717) is 18.0 Å². The van der Waals surface area contributed by atoms with Crippen molar-refractivity contribution >= 4 is 23.5 Å². The van der Waals surface area contributed by atoms with Gasteiger partial charge in [0.2, 0.25) is 5.78 Å². The highest BCUT2D eigenvalue weighted by Crippen LogP contribution is 2.22. The van der Waals surface area contributed by atoms with Crippen molar-refractivity contribution in [2.75, 3.05) is 6.54 Å². The first-order valence-corrected chi connectivity index (χ1v) is 8.37. The minimum absolute atomic E-state index is 0.266. The van der Waals surface area contributed by atoms with Crippen LogP contribution in [0.3, 0.4) is 0 Å². The molecule has 0 spiro atoms. The van der Waals surface area contributed by atoms with Crippen LogP contribution in [0.25, 0.3) is 0 Å². The molecular formula is C19H22ClNO3. The first kappa shape index (κ1) is 18.4. The van der Waals surface area contributed by atoms with Crippen molar-refractivity contribution in [3.05, 3.63) is 34.3 Å². The number of Topliss-reactive ketones (excluding diaryl/α,β-unsaturated/α-hetero) is 1. The molecule has 0 N–H and O–H groups in total. The minimum atomic E-state index is -0.586. The molecule has 24 heavy (non-hydrogen) atoms. The number of halogens is 1. The van der Waals surface area contributed by atoms with E-state index in [1.54, 1.807) is 32.9 Å². The Hall–Kier alpha value is -1.99. The van der Waals surface area contributed by atoms with E-state index in [1.807, 2.05) is 13.0 Å². The number of likely N-dealkylation sites (tertiary alicyclic amines) is 1. The summed E-state index contributed by atoms with van der Waals surface area (Å²) >= 11 is 6.06. The Bertz CT molecular complexity index is 710. The SMILES string of the molecule is Cc1c(Cl)cccc1C#CC(=O)C1CCCN1C(=O)OC(C)(C)C. The van der Waals surface area contributed by atoms with Crippen LogP contribution in [0.4, 0.5) is 4.79 Å². The third kappa shape index (κ3) is 4.52. The van der Waals surface area contributed by atoms with E-state index in [9.17, 15) is 9.59 Å². The van der Waals surface area contributed by atoms with Gasteiger partial charge in [0.25, 0.3) is 0 Å². The van der Waals surface area contributed by atoms with Crippen molar-refractivity contribution in [3.63, 3.8) is 0 Å². The zero-order valence-electron chi connectivity index (χ0n) is 14.5. The summed E-state index contributed by atoms with van der Waals surface area (Å²) in [6.07, 6.45) is 0.925. The van der Waals surface area contributed by atoms with Crippen molar-refractivity contribution in [1.29, 1.82) is 0 Å². The molecule has 4 nitrogen and oxygen atoms in total. The lowest BCUT2D eigenvalue weighted by Crippen LogP contribution is -2.43. The summed E-state index contributed by atoms with van der Waals surface area (Å²) in [5.41, 5.74) is 0.976. The van der Waals surface area contributed by atoms with E-state index < -0.39 is 17.7 Å². The first-order chi connectivity index (χ1) is 11.2. The molecule has 5 heteroatoms. The maximum absolute atomic E-state index is 12.4. The molecule has 1 aliphatic rings. The van der Waals surface area contributed by atoms with Crippen LogP contribution in [0.1, 0.15) is 44.7 Å². The highest BCUT2D eigenvalue weighted by molar-refractivity contribution is 6.31. The van der Waals surface area contributed by atoms with Crippen molar-refractivity contribution in [2.24, 2.45) is 0 Å². The van der Waals surface area contributed by atoms with Crippen LogP contribution >= 0.6 is 11.6 Å². The summed E-state index contributed by atoms with van der Waals surface area (Å²) in [5.74, 6) is 5.27. The normalized spacial score (nSPS) is 17.2. The molecule has 1 unspecified atom stereocenters. The lowest BCUT2D eigenvalue weighted by Gasteiger charge is -2.27. The van der Waals surface area contributed by atoms with Crippen LogP contribution in [0.2, 0.25) is 5.02 Å². The standard InChI is InChI=1S/C19H22ClNO3/c1-13-14(7-5-8-15(13)20)10-11-17(22)16-9-6-12-21(16)18(23)24-19(2,3)4/h5,7-8,16H,6,9,12H2,1-4H3. The second-order valence-corrected chi connectivity index (χ2v) is 7.27. The molecule has 1 aromatic carbocycles. The second kappa shape index (κ2) is 7.27. The predicted octanol–water partition coefficient (Wildman–Crippen LogP) is 3.97. The number of amides is 1. The van der Waals surface area contributed by atoms with Crippen molar-refractivity contribution < 1.29 is 14.3 Å². The number of hydrogen-bond donors (Lipinski definition) is 0. The highest BCUT2D eigenvalue weighted by Gasteiger charge is 2.35. The van der Waals surface area contributed by atoms with Gasteiger partial charge in [0.05, 0.1) is 0 Å². The topological polar surface area (TPSA) is 46.6 Å². The fourth-order valence-electron chi connectivity index (χ4n) is 2.53. The number of benzene rings is 1. The van der Waals surface area contributed by atoms with Gasteiger partial charge < -0.3 is 4.74 Å². The average molecular weight is 348 g/mol. The van der Waals surface area contributed by atoms with Crippen LogP contribution in [-0.4, -0.2) is 35.0 Å². The Morgan fingerprint density at radius 3 is 2.71 bits per heavy atom. The van der Waals surface area contributed by atoms with Gasteiger partial charge in [-0.15, -0.1) is 0 Å². The van der Waals surface area contributed by atoms with E-state index in [2.05, 4.69) is 11.8 Å². The number of ether oxygens (including phenoxy) is 1. The number of ketones is 1. The molecule has 1 aliphatic heterocycles. The zero-order valence-corrected chi connectivity index (χ0v) is 15.2. The van der Waals surface area contributed by atoms with E-state index in [-0.39, 0.29) is 5.78 Å². The molecule has 2 rings (SSSR count). The maximum Gasteiger partial charge on any atom is 0.410 e. The Labute approximate surface area is 148 Å². The van der Waals surface area contributed by atoms with Crippen molar-refractivity contribution in [3.8, 4) is 11.8 Å². The largest absolute Gasteiger partial charge is 0.444 e. The van der Waals surface area contributed by atoms with Gasteiger partial charge in [-0.1, -0.05) is 23.6 Å². The zero-order chi connectivity index (χ0) is 17.9. The van der Waals surface area contributed by atoms with Crippen LogP contribution < -0.4 is 0 Å². The Morgan fingerprint density at radius 1 is 1.33 bits per heavy atom. The van der Waals surface area contributed by atoms with Gasteiger partial charge in [0.1, 0.15) is 11.6 Å². The van der Waals surface area contributed by atoms with E-state index >= 15 is 0 Å². The molecule has 128 valence electrons. The molecule has 0 bridgehead atoms. The van der Waals surface area contributed by atoms with Crippen LogP contribution in [-0.2, 0) is 9.53 Å². The third-order valence-electron chi connectivity index (χ3n) is 3.77. The fourth-order valence-corrected chi connectivity index (χ4v) is 2.71. The Kier molecular flexibility index (Phi) is 5.56. The lowest BCUT2D eigenvalue weighted by molar-refractivity contribution is -0.117. The summed E-state index contributed by atoms with van der Waals surface area (Å²) < 4.78 is 5.37. The van der Waals surface area contributed by atoms with Gasteiger partial charge in [0.15, 0.2) is 0 Å². The van der Waals surface area contributed by atoms with Gasteiger partial charge in [-0.2, -0.15) is 0 Å². The highest BCUT2D eigenvalue weighted by atomic mass is 35.5. The molecule has 1 saturated heterocycles. The summed E-state index contributed by atoms with van der Waals surface area (Å²) in [4.78, 5) is 26.2. The van der Waals surface area contributed by atoms with Crippen molar-refractivity contribution in [2.45, 2.75) is 52.2 Å². The quantitative estimate of drug-likeness (QED) is 0.722. The molecule has 0 aliphatic carbocycles. The van der Waals surface area contributed by atoms with Crippen LogP contribution in [0.15, 0.2) is 18.2 Å². The molecule has 1 atom stereocenters. The van der Waals surface area contributed by atoms with Gasteiger partial charge in [-0.05, 0) is 64.2 Å². The van der Waals surface area contributed by atoms with Gasteiger partial charge >= 0.3 is 6.09 Å². The fraction of sp³-hybridized carbons (Fsp3) is 0.474. The summed E-state index contributed by atoms with van der Waals surface area (Å²) in [5, 5.41) is 0.616. The van der Waals surface area contributed by atoms with Crippen molar-refractivity contribution in [1.82, 2.24) is 4.90 Å². The number of hydrogen-bond acceptors (Lipinski definition) is 3. The molecule has 0 aromatic heterocycles. The molecule has 1 amide bonds. The van der Waals surface area contributed by atoms with Gasteiger partial charge in [-0.3, -0.25) is 9.69 Å². The lowest BCUT2D eigenvalue weighted by atomic mass is 10.1. The number of carbonyl (C=O) groups is 2. The van der Waals surface area contributed by atoms with Crippen LogP contribution in [0.5, 0.6) is 0 Å². The van der Waals surface area contributed by atoms with E-state index in [1.165, 1.54) is 4.90 Å². The first-order valence-electron chi connectivity index (χ1n) is 7.99. The number of carbonyl (C=O) groups excluding carboxylic acids is 2. The smallest absolute Gasteiger partial charge is 0.410 e. The molecule has 0 saturated carbocycles. The maximum atomic E-state index is 12.4. The summed E-state index contributed by atoms with van der Waals surface area (Å²) in [7, 11) is 0. The molecule has 0 radical (unpaired) electrons. The number of nitrogens with zero attached hydrogens (tertiary/aromatic N) is 1.